The van der Waals surface area contributed by atoms with Crippen molar-refractivity contribution in [2.75, 3.05) is 13.1 Å². The van der Waals surface area contributed by atoms with Crippen molar-refractivity contribution in [3.05, 3.63) is 29.8 Å². The molecule has 0 aromatic heterocycles. The van der Waals surface area contributed by atoms with Gasteiger partial charge in [-0.15, -0.1) is 0 Å². The molecule has 3 rings (SSSR count). The summed E-state index contributed by atoms with van der Waals surface area (Å²) in [5.74, 6) is 0.534. The van der Waals surface area contributed by atoms with E-state index in [1.807, 2.05) is 0 Å². The number of hydrogen-bond donors (Lipinski definition) is 1. The lowest BCUT2D eigenvalue weighted by Gasteiger charge is -2.39. The van der Waals surface area contributed by atoms with Gasteiger partial charge in [0.15, 0.2) is 0 Å². The molecule has 0 amide bonds. The van der Waals surface area contributed by atoms with E-state index in [0.717, 1.165) is 50.0 Å². The Bertz CT molecular complexity index is 654. The molecule has 1 aliphatic heterocycles. The highest BCUT2D eigenvalue weighted by atomic mass is 32.2. The van der Waals surface area contributed by atoms with Crippen LogP contribution in [0.5, 0.6) is 0 Å². The summed E-state index contributed by atoms with van der Waals surface area (Å²) in [5, 5.41) is 3.29. The quantitative estimate of drug-likeness (QED) is 0.923. The van der Waals surface area contributed by atoms with E-state index in [9.17, 15) is 21.6 Å². The number of nitrogens with one attached hydrogen (secondary N) is 1. The molecule has 124 valence electrons. The van der Waals surface area contributed by atoms with E-state index in [-0.39, 0.29) is 1.43 Å². The first-order valence-electron chi connectivity index (χ1n) is 7.33. The van der Waals surface area contributed by atoms with E-state index >= 15 is 0 Å². The van der Waals surface area contributed by atoms with Crippen molar-refractivity contribution in [3.8, 4) is 0 Å². The third-order valence-electron chi connectivity index (χ3n) is 4.87. The van der Waals surface area contributed by atoms with Crippen LogP contribution in [0, 0.1) is 11.3 Å². The normalized spacial score (nSPS) is 24.4. The molecule has 1 heterocycles. The summed E-state index contributed by atoms with van der Waals surface area (Å²) >= 11 is 0. The van der Waals surface area contributed by atoms with Gasteiger partial charge < -0.3 is 5.32 Å². The summed E-state index contributed by atoms with van der Waals surface area (Å²) in [6.07, 6.45) is 4.27. The number of halogens is 3. The predicted molar refractivity (Wildman–Crippen MR) is 78.1 cm³/mol. The van der Waals surface area contributed by atoms with Gasteiger partial charge in [-0.25, -0.2) is 8.42 Å². The molecule has 1 spiro atoms. The Hall–Kier alpha value is -1.08. The number of sulfone groups is 1. The first kappa shape index (κ1) is 15.8. The zero-order valence-corrected chi connectivity index (χ0v) is 12.8. The molecule has 1 saturated carbocycles. The molecule has 0 bridgehead atoms. The molecular formula is C15H20F3NO2S. The largest absolute Gasteiger partial charge is 0.501 e. The second-order valence-electron chi connectivity index (χ2n) is 6.51. The smallest absolute Gasteiger partial charge is 0.316 e. The molecule has 1 N–H and O–H groups in total. The molecule has 22 heavy (non-hydrogen) atoms. The van der Waals surface area contributed by atoms with E-state index in [4.69, 9.17) is 0 Å². The van der Waals surface area contributed by atoms with Crippen molar-refractivity contribution in [3.63, 3.8) is 0 Å². The Labute approximate surface area is 129 Å². The monoisotopic (exact) mass is 335 g/mol. The molecule has 2 aliphatic rings. The van der Waals surface area contributed by atoms with Crippen LogP contribution in [0.1, 0.15) is 26.3 Å². The van der Waals surface area contributed by atoms with Gasteiger partial charge in [-0.3, -0.25) is 0 Å². The fourth-order valence-corrected chi connectivity index (χ4v) is 4.33. The van der Waals surface area contributed by atoms with Crippen molar-refractivity contribution < 1.29 is 23.0 Å². The number of alkyl halides is 3. The van der Waals surface area contributed by atoms with Crippen LogP contribution < -0.4 is 5.32 Å². The lowest BCUT2D eigenvalue weighted by molar-refractivity contribution is -0.0436. The molecule has 1 aliphatic carbocycles. The summed E-state index contributed by atoms with van der Waals surface area (Å²) in [5.41, 5.74) is -3.91. The van der Waals surface area contributed by atoms with Crippen molar-refractivity contribution >= 4 is 9.84 Å². The Kier molecular flexibility index (Phi) is 3.76. The second-order valence-corrected chi connectivity index (χ2v) is 8.45. The summed E-state index contributed by atoms with van der Waals surface area (Å²) in [6.45, 7) is 2.12. The van der Waals surface area contributed by atoms with Gasteiger partial charge in [0.25, 0.3) is 9.84 Å². The van der Waals surface area contributed by atoms with Crippen LogP contribution in [-0.4, -0.2) is 27.0 Å². The molecule has 1 atom stereocenters. The number of rotatable bonds is 3. The Morgan fingerprint density at radius 1 is 1.23 bits per heavy atom. The van der Waals surface area contributed by atoms with Gasteiger partial charge in [0, 0.05) is 14.5 Å². The molecule has 1 aromatic rings. The Balaban J connectivity index is 0.00000192. The van der Waals surface area contributed by atoms with Gasteiger partial charge in [-0.1, -0.05) is 12.1 Å². The zero-order valence-electron chi connectivity index (χ0n) is 12.0. The van der Waals surface area contributed by atoms with E-state index in [2.05, 4.69) is 5.32 Å². The average Bonchev–Trinajstić information content (AvgIpc) is 2.82. The molecule has 1 saturated heterocycles. The fraction of sp³-hybridized carbons (Fsp3) is 0.600. The van der Waals surface area contributed by atoms with Crippen molar-refractivity contribution in [1.82, 2.24) is 5.32 Å². The molecule has 0 unspecified atom stereocenters. The highest BCUT2D eigenvalue weighted by Crippen LogP contribution is 2.45. The standard InChI is InChI=1S/C15H18F3NO2S.H2/c16-15(17,18)22(20,21)13-3-1-11(2-4-13)7-12-5-6-14(8-12)9-19-10-14;/h1-4,12,19H,5-10H2;1H/t12-;/m1./s1. The van der Waals surface area contributed by atoms with Crippen LogP contribution in [-0.2, 0) is 16.3 Å². The van der Waals surface area contributed by atoms with Gasteiger partial charge in [0.05, 0.1) is 4.90 Å². The fourth-order valence-electron chi connectivity index (χ4n) is 3.57. The first-order chi connectivity index (χ1) is 10.2. The molecule has 3 nitrogen and oxygen atoms in total. The van der Waals surface area contributed by atoms with Crippen LogP contribution in [0.25, 0.3) is 0 Å². The minimum absolute atomic E-state index is 0. The topological polar surface area (TPSA) is 46.2 Å². The first-order valence-corrected chi connectivity index (χ1v) is 8.81. The maximum absolute atomic E-state index is 12.5. The van der Waals surface area contributed by atoms with Crippen molar-refractivity contribution in [2.45, 2.75) is 36.1 Å². The highest BCUT2D eigenvalue weighted by Gasteiger charge is 2.47. The van der Waals surface area contributed by atoms with Crippen LogP contribution in [0.15, 0.2) is 29.2 Å². The van der Waals surface area contributed by atoms with E-state index in [0.29, 0.717) is 11.3 Å². The van der Waals surface area contributed by atoms with Gasteiger partial charge >= 0.3 is 5.51 Å². The number of hydrogen-bond acceptors (Lipinski definition) is 3. The van der Waals surface area contributed by atoms with Crippen molar-refractivity contribution in [1.29, 1.82) is 0 Å². The summed E-state index contributed by atoms with van der Waals surface area (Å²) in [4.78, 5) is -0.685. The maximum Gasteiger partial charge on any atom is 0.501 e. The Morgan fingerprint density at radius 3 is 2.32 bits per heavy atom. The zero-order chi connectivity index (χ0) is 16.0. The highest BCUT2D eigenvalue weighted by molar-refractivity contribution is 7.92. The van der Waals surface area contributed by atoms with Crippen LogP contribution in [0.2, 0.25) is 0 Å². The SMILES string of the molecule is O=S(=O)(c1ccc(C[C@H]2CCC3(CNC3)C2)cc1)C(F)(F)F.[HH]. The van der Waals surface area contributed by atoms with E-state index < -0.39 is 20.2 Å². The molecule has 2 fully saturated rings. The molecule has 0 radical (unpaired) electrons. The summed E-state index contributed by atoms with van der Waals surface area (Å²) in [7, 11) is -5.24. The molecule has 7 heteroatoms. The lowest BCUT2D eigenvalue weighted by Crippen LogP contribution is -2.51. The van der Waals surface area contributed by atoms with Gasteiger partial charge in [-0.2, -0.15) is 13.2 Å². The second kappa shape index (κ2) is 5.23. The van der Waals surface area contributed by atoms with Gasteiger partial charge in [0.2, 0.25) is 0 Å². The predicted octanol–water partition coefficient (Wildman–Crippen LogP) is 3.16. The van der Waals surface area contributed by atoms with Crippen LogP contribution in [0.3, 0.4) is 0 Å². The summed E-state index contributed by atoms with van der Waals surface area (Å²) < 4.78 is 60.1. The Morgan fingerprint density at radius 2 is 1.86 bits per heavy atom. The molecule has 1 aromatic carbocycles. The lowest BCUT2D eigenvalue weighted by atomic mass is 9.79. The van der Waals surface area contributed by atoms with Crippen molar-refractivity contribution in [2.24, 2.45) is 11.3 Å². The van der Waals surface area contributed by atoms with Crippen LogP contribution in [0.4, 0.5) is 13.2 Å². The van der Waals surface area contributed by atoms with E-state index in [1.54, 1.807) is 0 Å². The van der Waals surface area contributed by atoms with E-state index in [1.165, 1.54) is 18.6 Å². The third kappa shape index (κ3) is 2.76. The van der Waals surface area contributed by atoms with Gasteiger partial charge in [0.1, 0.15) is 0 Å². The summed E-state index contributed by atoms with van der Waals surface area (Å²) in [6, 6.07) is 5.13. The van der Waals surface area contributed by atoms with Crippen LogP contribution >= 0.6 is 0 Å². The molecular weight excluding hydrogens is 315 g/mol. The minimum atomic E-state index is -5.25. The number of benzene rings is 1. The third-order valence-corrected chi connectivity index (χ3v) is 6.37. The minimum Gasteiger partial charge on any atom is -0.316 e. The maximum atomic E-state index is 12.5. The van der Waals surface area contributed by atoms with Gasteiger partial charge in [-0.05, 0) is 54.7 Å². The average molecular weight is 335 g/mol.